The number of unbranched alkanes of at least 4 members (excludes halogenated alkanes) is 3. The number of carbonyl (C=O) groups is 2. The third kappa shape index (κ3) is 5.60. The van der Waals surface area contributed by atoms with E-state index < -0.39 is 17.5 Å². The zero-order valence-corrected chi connectivity index (χ0v) is 16.3. The first-order chi connectivity index (χ1) is 12.9. The van der Waals surface area contributed by atoms with Gasteiger partial charge in [0.1, 0.15) is 5.60 Å². The first-order valence-corrected chi connectivity index (χ1v) is 9.98. The van der Waals surface area contributed by atoms with Crippen LogP contribution in [0.15, 0.2) is 0 Å². The van der Waals surface area contributed by atoms with Crippen molar-refractivity contribution in [1.82, 2.24) is 13.6 Å². The van der Waals surface area contributed by atoms with E-state index in [1.165, 1.54) is 19.3 Å². The van der Waals surface area contributed by atoms with Crippen molar-refractivity contribution in [1.29, 1.82) is 0 Å². The van der Waals surface area contributed by atoms with Gasteiger partial charge in [0.05, 0.1) is 18.3 Å². The summed E-state index contributed by atoms with van der Waals surface area (Å²) < 4.78 is 14.5. The first-order valence-electron chi connectivity index (χ1n) is 9.25. The van der Waals surface area contributed by atoms with Crippen LogP contribution in [0.3, 0.4) is 0 Å². The fourth-order valence-electron chi connectivity index (χ4n) is 3.54. The predicted octanol–water partition coefficient (Wildman–Crippen LogP) is 1.57. The van der Waals surface area contributed by atoms with Gasteiger partial charge in [0.25, 0.3) is 5.88 Å². The smallest absolute Gasteiger partial charge is 0.414 e. The molecule has 4 heterocycles. The van der Waals surface area contributed by atoms with Crippen molar-refractivity contribution in [3.63, 3.8) is 0 Å². The number of fused-ring (bicyclic) bond motifs is 3. The maximum Gasteiger partial charge on any atom is 0.414 e. The fraction of sp³-hybridized carbons (Fsp3) is 0.765. The molecule has 0 spiro atoms. The second-order valence-corrected chi connectivity index (χ2v) is 7.44. The Morgan fingerprint density at radius 1 is 1.19 bits per heavy atom. The van der Waals surface area contributed by atoms with Crippen LogP contribution in [-0.2, 0) is 15.2 Å². The molecule has 1 aromatic heterocycles. The number of nitrogens with zero attached hydrogens (tertiary/aromatic N) is 3. The Hall–Kier alpha value is -1.78. The Balaban J connectivity index is 0.000000380. The van der Waals surface area contributed by atoms with E-state index in [0.29, 0.717) is 30.6 Å². The Kier molecular flexibility index (Phi) is 7.93. The molecule has 9 nitrogen and oxygen atoms in total. The van der Waals surface area contributed by atoms with Gasteiger partial charge in [-0.25, -0.2) is 9.59 Å². The lowest BCUT2D eigenvalue weighted by Crippen LogP contribution is -2.57. The van der Waals surface area contributed by atoms with E-state index in [0.717, 1.165) is 44.1 Å². The molecule has 3 aliphatic rings. The Labute approximate surface area is 162 Å². The van der Waals surface area contributed by atoms with Gasteiger partial charge in [0.2, 0.25) is 0 Å². The summed E-state index contributed by atoms with van der Waals surface area (Å²) in [6.07, 6.45) is 6.78. The summed E-state index contributed by atoms with van der Waals surface area (Å²) >= 11 is 1.15. The molecule has 3 N–H and O–H groups in total. The minimum absolute atomic E-state index is 0.300. The monoisotopic (exact) mass is 401 g/mol. The minimum Gasteiger partial charge on any atom is -0.476 e. The molecule has 0 radical (unpaired) electrons. The van der Waals surface area contributed by atoms with Gasteiger partial charge in [-0.15, -0.1) is 4.37 Å². The topological polar surface area (TPSA) is 133 Å². The number of carboxylic acid groups (broad SMARTS) is 2. The standard InChI is InChI=1S/C15H25N3O2S.C2H2O4/c1-2-3-4-5-10-20-14-13(16-21-17-14)15(19)11-18-8-6-12(15)7-9-18;3-1(4)2(5)6/h12,19H,2-11H2,1H3;(H,3,4)(H,5,6). The summed E-state index contributed by atoms with van der Waals surface area (Å²) in [6.45, 7) is 5.74. The highest BCUT2D eigenvalue weighted by atomic mass is 32.1. The molecule has 3 aliphatic heterocycles. The maximum atomic E-state index is 11.1. The van der Waals surface area contributed by atoms with Crippen LogP contribution in [0.4, 0.5) is 0 Å². The van der Waals surface area contributed by atoms with Crippen LogP contribution in [0.5, 0.6) is 5.88 Å². The Morgan fingerprint density at radius 3 is 2.37 bits per heavy atom. The van der Waals surface area contributed by atoms with Crippen molar-refractivity contribution < 1.29 is 29.6 Å². The third-order valence-electron chi connectivity index (χ3n) is 5.02. The van der Waals surface area contributed by atoms with Gasteiger partial charge in [0, 0.05) is 6.54 Å². The molecule has 0 saturated carbocycles. The molecular weight excluding hydrogens is 374 g/mol. The molecule has 1 aromatic rings. The Bertz CT molecular complexity index is 620. The molecule has 152 valence electrons. The predicted molar refractivity (Wildman–Crippen MR) is 97.9 cm³/mol. The van der Waals surface area contributed by atoms with Crippen molar-refractivity contribution in [2.45, 2.75) is 51.0 Å². The molecule has 0 aromatic carbocycles. The van der Waals surface area contributed by atoms with Crippen molar-refractivity contribution in [2.24, 2.45) is 5.92 Å². The average molecular weight is 401 g/mol. The number of carboxylic acids is 2. The lowest BCUT2D eigenvalue weighted by molar-refractivity contribution is -0.159. The summed E-state index contributed by atoms with van der Waals surface area (Å²) in [6, 6.07) is 0. The number of ether oxygens (including phenoxy) is 1. The number of aromatic nitrogens is 2. The highest BCUT2D eigenvalue weighted by Crippen LogP contribution is 2.44. The average Bonchev–Trinajstić information content (AvgIpc) is 3.12. The molecule has 1 unspecified atom stereocenters. The van der Waals surface area contributed by atoms with E-state index in [2.05, 4.69) is 20.6 Å². The normalized spacial score (nSPS) is 26.1. The molecule has 3 saturated heterocycles. The van der Waals surface area contributed by atoms with Crippen LogP contribution in [0.2, 0.25) is 0 Å². The summed E-state index contributed by atoms with van der Waals surface area (Å²) in [5.74, 6) is -2.79. The van der Waals surface area contributed by atoms with Crippen LogP contribution >= 0.6 is 11.7 Å². The second-order valence-electron chi connectivity index (χ2n) is 6.91. The highest BCUT2D eigenvalue weighted by Gasteiger charge is 2.50. The van der Waals surface area contributed by atoms with Gasteiger partial charge >= 0.3 is 11.9 Å². The Morgan fingerprint density at radius 2 is 1.85 bits per heavy atom. The fourth-order valence-corrected chi connectivity index (χ4v) is 4.12. The van der Waals surface area contributed by atoms with Crippen molar-refractivity contribution >= 4 is 23.7 Å². The number of aliphatic carboxylic acids is 2. The molecule has 3 fully saturated rings. The van der Waals surface area contributed by atoms with Crippen molar-refractivity contribution in [3.05, 3.63) is 5.69 Å². The first kappa shape index (κ1) is 21.5. The molecule has 0 amide bonds. The van der Waals surface area contributed by atoms with Gasteiger partial charge in [-0.05, 0) is 38.3 Å². The van der Waals surface area contributed by atoms with Crippen LogP contribution < -0.4 is 4.74 Å². The summed E-state index contributed by atoms with van der Waals surface area (Å²) in [4.78, 5) is 20.5. The number of hydrogen-bond acceptors (Lipinski definition) is 8. The SMILES string of the molecule is CCCCCCOc1nsnc1C1(O)CN2CCC1CC2.O=C(O)C(=O)O. The maximum absolute atomic E-state index is 11.1. The van der Waals surface area contributed by atoms with Crippen LogP contribution in [-0.4, -0.2) is 67.1 Å². The van der Waals surface area contributed by atoms with E-state index in [-0.39, 0.29) is 0 Å². The quantitative estimate of drug-likeness (QED) is 0.460. The van der Waals surface area contributed by atoms with Gasteiger partial charge in [0.15, 0.2) is 5.69 Å². The lowest BCUT2D eigenvalue weighted by atomic mass is 9.73. The highest BCUT2D eigenvalue weighted by molar-refractivity contribution is 6.99. The zero-order valence-electron chi connectivity index (χ0n) is 15.5. The lowest BCUT2D eigenvalue weighted by Gasteiger charge is -2.49. The number of hydrogen-bond donors (Lipinski definition) is 3. The summed E-state index contributed by atoms with van der Waals surface area (Å²) in [5.41, 5.74) is -0.181. The van der Waals surface area contributed by atoms with Gasteiger partial charge in [-0.3, -0.25) is 0 Å². The van der Waals surface area contributed by atoms with E-state index >= 15 is 0 Å². The van der Waals surface area contributed by atoms with E-state index in [1.54, 1.807) is 0 Å². The number of piperidine rings is 3. The van der Waals surface area contributed by atoms with Crippen LogP contribution in [0.25, 0.3) is 0 Å². The van der Waals surface area contributed by atoms with E-state index in [9.17, 15) is 5.11 Å². The third-order valence-corrected chi connectivity index (χ3v) is 5.53. The van der Waals surface area contributed by atoms with Crippen molar-refractivity contribution in [3.8, 4) is 5.88 Å². The summed E-state index contributed by atoms with van der Waals surface area (Å²) in [5, 5.41) is 25.9. The second kappa shape index (κ2) is 9.95. The van der Waals surface area contributed by atoms with Crippen LogP contribution in [0, 0.1) is 5.92 Å². The number of rotatable bonds is 7. The van der Waals surface area contributed by atoms with Gasteiger partial charge in [-0.1, -0.05) is 26.2 Å². The molecule has 1 atom stereocenters. The molecule has 0 aliphatic carbocycles. The van der Waals surface area contributed by atoms with Crippen molar-refractivity contribution in [2.75, 3.05) is 26.2 Å². The van der Waals surface area contributed by atoms with E-state index in [1.807, 2.05) is 0 Å². The molecule has 27 heavy (non-hydrogen) atoms. The molecule has 10 heteroatoms. The molecule has 4 rings (SSSR count). The largest absolute Gasteiger partial charge is 0.476 e. The van der Waals surface area contributed by atoms with Crippen LogP contribution in [0.1, 0.15) is 51.1 Å². The number of aliphatic hydroxyl groups is 1. The minimum atomic E-state index is -1.82. The van der Waals surface area contributed by atoms with Gasteiger partial charge in [-0.2, -0.15) is 4.37 Å². The van der Waals surface area contributed by atoms with Gasteiger partial charge < -0.3 is 25.0 Å². The summed E-state index contributed by atoms with van der Waals surface area (Å²) in [7, 11) is 0. The molecular formula is C17H27N3O6S. The zero-order chi connectivity index (χ0) is 19.9. The molecule has 2 bridgehead atoms. The van der Waals surface area contributed by atoms with E-state index in [4.69, 9.17) is 24.5 Å².